The van der Waals surface area contributed by atoms with E-state index >= 15 is 0 Å². The number of benzene rings is 1. The van der Waals surface area contributed by atoms with Gasteiger partial charge in [-0.25, -0.2) is 8.78 Å². The van der Waals surface area contributed by atoms with E-state index in [0.717, 1.165) is 11.1 Å². The van der Waals surface area contributed by atoms with Gasteiger partial charge in [0.1, 0.15) is 18.1 Å². The third-order valence-corrected chi connectivity index (χ3v) is 3.85. The minimum absolute atomic E-state index is 0.0397. The average molecular weight is 307 g/mol. The summed E-state index contributed by atoms with van der Waals surface area (Å²) in [4.78, 5) is 12.0. The number of ether oxygens (including phenoxy) is 1. The molecule has 6 heteroatoms. The van der Waals surface area contributed by atoms with Gasteiger partial charge in [-0.2, -0.15) is 0 Å². The molecule has 0 radical (unpaired) electrons. The first-order valence-electron chi connectivity index (χ1n) is 6.95. The molecule has 0 saturated heterocycles. The quantitative estimate of drug-likeness (QED) is 0.948. The van der Waals surface area contributed by atoms with E-state index in [1.54, 1.807) is 29.7 Å². The molecule has 1 aromatic heterocycles. The Balaban J connectivity index is 2.07. The van der Waals surface area contributed by atoms with E-state index in [2.05, 4.69) is 0 Å². The molecule has 0 spiro atoms. The molecule has 1 aliphatic rings. The maximum atomic E-state index is 12.2. The Hall–Kier alpha value is -2.37. The molecule has 4 nitrogen and oxygen atoms in total. The van der Waals surface area contributed by atoms with Gasteiger partial charge in [0, 0.05) is 23.7 Å². The molecule has 1 aliphatic heterocycles. The fourth-order valence-electron chi connectivity index (χ4n) is 2.80. The average Bonchev–Trinajstić information content (AvgIpc) is 2.49. The number of alkyl halides is 2. The summed E-state index contributed by atoms with van der Waals surface area (Å²) < 4.78 is 31.1. The van der Waals surface area contributed by atoms with Crippen molar-refractivity contribution in [2.24, 2.45) is 0 Å². The molecule has 0 saturated carbocycles. The Morgan fingerprint density at radius 2 is 2.14 bits per heavy atom. The van der Waals surface area contributed by atoms with Crippen molar-refractivity contribution in [3.63, 3.8) is 0 Å². The Morgan fingerprint density at radius 3 is 2.86 bits per heavy atom. The number of pyridine rings is 1. The van der Waals surface area contributed by atoms with Crippen LogP contribution in [0.1, 0.15) is 11.1 Å². The van der Waals surface area contributed by atoms with Crippen LogP contribution in [0.15, 0.2) is 29.1 Å². The molecule has 1 aromatic carbocycles. The zero-order valence-electron chi connectivity index (χ0n) is 12.0. The highest BCUT2D eigenvalue weighted by Crippen LogP contribution is 2.35. The molecule has 0 amide bonds. The summed E-state index contributed by atoms with van der Waals surface area (Å²) >= 11 is 0. The lowest BCUT2D eigenvalue weighted by molar-refractivity contribution is 0.0818. The van der Waals surface area contributed by atoms with Gasteiger partial charge in [-0.1, -0.05) is 0 Å². The molecule has 0 unspecified atom stereocenters. The van der Waals surface area contributed by atoms with Gasteiger partial charge in [-0.3, -0.25) is 4.79 Å². The van der Waals surface area contributed by atoms with Gasteiger partial charge in [0.15, 0.2) is 0 Å². The molecular weight excluding hydrogens is 292 g/mol. The Morgan fingerprint density at radius 1 is 1.36 bits per heavy atom. The molecule has 0 fully saturated rings. The standard InChI is InChI=1S/C16H15F2NO3/c1-9-13(20)7-15(21)19-5-4-10-6-11(22-8-14(17)18)2-3-12(10)16(9)19/h2-3,6-7,14,20H,4-5,8H2,1H3. The van der Waals surface area contributed by atoms with Crippen molar-refractivity contribution in [2.75, 3.05) is 6.61 Å². The van der Waals surface area contributed by atoms with Gasteiger partial charge in [0.25, 0.3) is 12.0 Å². The van der Waals surface area contributed by atoms with E-state index in [-0.39, 0.29) is 11.3 Å². The molecule has 22 heavy (non-hydrogen) atoms. The molecule has 2 heterocycles. The normalized spacial score (nSPS) is 12.9. The summed E-state index contributed by atoms with van der Waals surface area (Å²) in [6.45, 7) is 1.59. The van der Waals surface area contributed by atoms with Crippen LogP contribution in [-0.4, -0.2) is 22.7 Å². The maximum Gasteiger partial charge on any atom is 0.272 e. The van der Waals surface area contributed by atoms with Crippen molar-refractivity contribution in [3.8, 4) is 22.8 Å². The van der Waals surface area contributed by atoms with Gasteiger partial charge >= 0.3 is 0 Å². The second kappa shape index (κ2) is 5.44. The number of aryl methyl sites for hydroxylation is 1. The molecular formula is C16H15F2NO3. The second-order valence-corrected chi connectivity index (χ2v) is 5.26. The van der Waals surface area contributed by atoms with Crippen molar-refractivity contribution in [2.45, 2.75) is 26.3 Å². The summed E-state index contributed by atoms with van der Waals surface area (Å²) in [6.07, 6.45) is -1.91. The van der Waals surface area contributed by atoms with E-state index < -0.39 is 13.0 Å². The summed E-state index contributed by atoms with van der Waals surface area (Å²) in [5.41, 5.74) is 2.79. The fraction of sp³-hybridized carbons (Fsp3) is 0.312. The minimum Gasteiger partial charge on any atom is -0.507 e. The third kappa shape index (κ3) is 2.45. The predicted molar refractivity (Wildman–Crippen MR) is 77.7 cm³/mol. The topological polar surface area (TPSA) is 51.5 Å². The number of aromatic nitrogens is 1. The highest BCUT2D eigenvalue weighted by Gasteiger charge is 2.21. The number of hydrogen-bond acceptors (Lipinski definition) is 3. The first-order valence-corrected chi connectivity index (χ1v) is 6.95. The van der Waals surface area contributed by atoms with Crippen LogP contribution in [0.25, 0.3) is 11.3 Å². The summed E-state index contributed by atoms with van der Waals surface area (Å²) in [6, 6.07) is 6.27. The van der Waals surface area contributed by atoms with Crippen LogP contribution in [0.2, 0.25) is 0 Å². The molecule has 0 bridgehead atoms. The molecule has 2 aromatic rings. The predicted octanol–water partition coefficient (Wildman–Crippen LogP) is 2.73. The van der Waals surface area contributed by atoms with Crippen molar-refractivity contribution in [1.82, 2.24) is 4.57 Å². The van der Waals surface area contributed by atoms with Crippen LogP contribution in [0.5, 0.6) is 11.5 Å². The summed E-state index contributed by atoms with van der Waals surface area (Å²) in [7, 11) is 0. The highest BCUT2D eigenvalue weighted by molar-refractivity contribution is 5.71. The SMILES string of the molecule is Cc1c(O)cc(=O)n2c1-c1ccc(OCC(F)F)cc1CC2. The molecule has 0 aliphatic carbocycles. The van der Waals surface area contributed by atoms with Crippen LogP contribution in [0, 0.1) is 6.92 Å². The van der Waals surface area contributed by atoms with Crippen molar-refractivity contribution in [1.29, 1.82) is 0 Å². The van der Waals surface area contributed by atoms with Crippen LogP contribution < -0.4 is 10.3 Å². The van der Waals surface area contributed by atoms with E-state index in [0.29, 0.717) is 30.0 Å². The third-order valence-electron chi connectivity index (χ3n) is 3.85. The van der Waals surface area contributed by atoms with Crippen LogP contribution in [0.3, 0.4) is 0 Å². The Labute approximate surface area is 125 Å². The lowest BCUT2D eigenvalue weighted by atomic mass is 9.94. The van der Waals surface area contributed by atoms with Crippen molar-refractivity contribution < 1.29 is 18.6 Å². The van der Waals surface area contributed by atoms with Crippen molar-refractivity contribution >= 4 is 0 Å². The number of rotatable bonds is 3. The molecule has 1 N–H and O–H groups in total. The molecule has 3 rings (SSSR count). The van der Waals surface area contributed by atoms with Crippen LogP contribution >= 0.6 is 0 Å². The number of nitrogens with zero attached hydrogens (tertiary/aromatic N) is 1. The summed E-state index contributed by atoms with van der Waals surface area (Å²) in [5.74, 6) is 0.342. The highest BCUT2D eigenvalue weighted by atomic mass is 19.3. The number of fused-ring (bicyclic) bond motifs is 3. The van der Waals surface area contributed by atoms with Crippen LogP contribution in [-0.2, 0) is 13.0 Å². The zero-order chi connectivity index (χ0) is 15.9. The zero-order valence-corrected chi connectivity index (χ0v) is 12.0. The monoisotopic (exact) mass is 307 g/mol. The van der Waals surface area contributed by atoms with E-state index in [4.69, 9.17) is 4.74 Å². The van der Waals surface area contributed by atoms with E-state index in [1.165, 1.54) is 6.07 Å². The van der Waals surface area contributed by atoms with Crippen molar-refractivity contribution in [3.05, 3.63) is 45.7 Å². The van der Waals surface area contributed by atoms with Gasteiger partial charge in [0.2, 0.25) is 0 Å². The summed E-state index contributed by atoms with van der Waals surface area (Å²) in [5, 5.41) is 9.86. The Bertz CT molecular complexity index is 784. The number of halogens is 2. The van der Waals surface area contributed by atoms with Gasteiger partial charge in [-0.05, 0) is 37.1 Å². The number of hydrogen-bond donors (Lipinski definition) is 1. The fourth-order valence-corrected chi connectivity index (χ4v) is 2.80. The van der Waals surface area contributed by atoms with Gasteiger partial charge < -0.3 is 14.4 Å². The number of aromatic hydroxyl groups is 1. The van der Waals surface area contributed by atoms with Gasteiger partial charge in [0.05, 0.1) is 5.69 Å². The maximum absolute atomic E-state index is 12.2. The smallest absolute Gasteiger partial charge is 0.272 e. The molecule has 116 valence electrons. The van der Waals surface area contributed by atoms with Gasteiger partial charge in [-0.15, -0.1) is 0 Å². The van der Waals surface area contributed by atoms with E-state index in [1.807, 2.05) is 0 Å². The molecule has 0 atom stereocenters. The minimum atomic E-state index is -2.52. The first-order chi connectivity index (χ1) is 10.5. The Kier molecular flexibility index (Phi) is 3.60. The van der Waals surface area contributed by atoms with Crippen LogP contribution in [0.4, 0.5) is 8.78 Å². The largest absolute Gasteiger partial charge is 0.507 e. The lowest BCUT2D eigenvalue weighted by Crippen LogP contribution is -2.26. The lowest BCUT2D eigenvalue weighted by Gasteiger charge is -2.24. The first kappa shape index (κ1) is 14.6. The van der Waals surface area contributed by atoms with E-state index in [9.17, 15) is 18.7 Å². The second-order valence-electron chi connectivity index (χ2n) is 5.26.